The first-order valence-corrected chi connectivity index (χ1v) is 7.12. The number of hydrogen-bond donors (Lipinski definition) is 2. The lowest BCUT2D eigenvalue weighted by Crippen LogP contribution is -2.51. The Balaban J connectivity index is 2.78. The first-order chi connectivity index (χ1) is 7.73. The third-order valence-corrected chi connectivity index (χ3v) is 4.21. The van der Waals surface area contributed by atoms with E-state index < -0.39 is 21.7 Å². The van der Waals surface area contributed by atoms with Gasteiger partial charge in [-0.3, -0.25) is 0 Å². The lowest BCUT2D eigenvalue weighted by molar-refractivity contribution is 0.111. The molecule has 0 aliphatic carbocycles. The summed E-state index contributed by atoms with van der Waals surface area (Å²) in [6.07, 6.45) is -0.756. The number of nitrogens with one attached hydrogen (secondary N) is 1. The molecule has 1 unspecified atom stereocenters. The molecule has 0 radical (unpaired) electrons. The Morgan fingerprint density at radius 1 is 1.29 bits per heavy atom. The second-order valence-electron chi connectivity index (χ2n) is 4.74. The highest BCUT2D eigenvalue weighted by molar-refractivity contribution is 7.88. The number of benzene rings is 1. The van der Waals surface area contributed by atoms with Gasteiger partial charge in [0.2, 0.25) is 10.0 Å². The maximum Gasteiger partial charge on any atom is 0.216 e. The van der Waals surface area contributed by atoms with Gasteiger partial charge in [-0.15, -0.1) is 0 Å². The van der Waals surface area contributed by atoms with Gasteiger partial charge in [0.15, 0.2) is 0 Å². The molecule has 1 aromatic carbocycles. The molecule has 0 saturated carbocycles. The summed E-state index contributed by atoms with van der Waals surface area (Å²) < 4.78 is 26.3. The average molecular weight is 257 g/mol. The first-order valence-electron chi connectivity index (χ1n) is 5.46. The van der Waals surface area contributed by atoms with E-state index in [0.717, 1.165) is 5.56 Å². The molecule has 0 bridgehead atoms. The molecule has 0 aliphatic rings. The van der Waals surface area contributed by atoms with Crippen molar-refractivity contribution < 1.29 is 13.5 Å². The minimum atomic E-state index is -3.45. The summed E-state index contributed by atoms with van der Waals surface area (Å²) in [5, 5.41) is 9.48. The van der Waals surface area contributed by atoms with Gasteiger partial charge >= 0.3 is 0 Å². The van der Waals surface area contributed by atoms with Gasteiger partial charge in [0.05, 0.1) is 17.4 Å². The molecule has 1 atom stereocenters. The average Bonchev–Trinajstić information content (AvgIpc) is 2.16. The summed E-state index contributed by atoms with van der Waals surface area (Å²) >= 11 is 0. The Morgan fingerprint density at radius 3 is 2.29 bits per heavy atom. The Morgan fingerprint density at radius 2 is 1.82 bits per heavy atom. The van der Waals surface area contributed by atoms with E-state index in [0.29, 0.717) is 0 Å². The zero-order valence-corrected chi connectivity index (χ0v) is 11.2. The maximum atomic E-state index is 11.9. The summed E-state index contributed by atoms with van der Waals surface area (Å²) in [4.78, 5) is 0. The van der Waals surface area contributed by atoms with Gasteiger partial charge in [-0.05, 0) is 26.3 Å². The number of aliphatic hydroxyl groups excluding tert-OH is 1. The molecule has 0 aliphatic heterocycles. The quantitative estimate of drug-likeness (QED) is 0.834. The molecule has 96 valence electrons. The Hall–Kier alpha value is -0.910. The molecule has 2 N–H and O–H groups in total. The molecule has 0 aromatic heterocycles. The molecule has 5 heteroatoms. The highest BCUT2D eigenvalue weighted by Gasteiger charge is 2.29. The molecule has 17 heavy (non-hydrogen) atoms. The van der Waals surface area contributed by atoms with Crippen molar-refractivity contribution >= 4 is 10.0 Å². The largest absolute Gasteiger partial charge is 0.391 e. The summed E-state index contributed by atoms with van der Waals surface area (Å²) in [6, 6.07) is 8.95. The highest BCUT2D eigenvalue weighted by Crippen LogP contribution is 2.13. The van der Waals surface area contributed by atoms with Gasteiger partial charge in [-0.1, -0.05) is 30.3 Å². The fourth-order valence-electron chi connectivity index (χ4n) is 1.32. The van der Waals surface area contributed by atoms with Gasteiger partial charge in [0.1, 0.15) is 0 Å². The molecule has 1 aromatic rings. The van der Waals surface area contributed by atoms with Crippen LogP contribution in [0, 0.1) is 0 Å². The summed E-state index contributed by atoms with van der Waals surface area (Å²) in [7, 11) is -3.45. The van der Waals surface area contributed by atoms with Crippen LogP contribution >= 0.6 is 0 Å². The molecular weight excluding hydrogens is 238 g/mol. The predicted octanol–water partition coefficient (Wildman–Crippen LogP) is 1.27. The molecule has 4 nitrogen and oxygen atoms in total. The molecular formula is C12H19NO3S. The zero-order chi connectivity index (χ0) is 13.1. The van der Waals surface area contributed by atoms with Gasteiger partial charge < -0.3 is 5.11 Å². The normalized spacial score (nSPS) is 14.6. The van der Waals surface area contributed by atoms with E-state index in [-0.39, 0.29) is 5.75 Å². The molecule has 0 saturated heterocycles. The molecule has 0 fully saturated rings. The van der Waals surface area contributed by atoms with Crippen LogP contribution in [0.1, 0.15) is 26.3 Å². The summed E-state index contributed by atoms with van der Waals surface area (Å²) in [5.41, 5.74) is -0.144. The van der Waals surface area contributed by atoms with Gasteiger partial charge in [0, 0.05) is 0 Å². The van der Waals surface area contributed by atoms with Crippen molar-refractivity contribution in [3.63, 3.8) is 0 Å². The van der Waals surface area contributed by atoms with Crippen LogP contribution in [0.4, 0.5) is 0 Å². The van der Waals surface area contributed by atoms with E-state index in [1.807, 2.05) is 6.07 Å². The second-order valence-corrected chi connectivity index (χ2v) is 6.47. The van der Waals surface area contributed by atoms with E-state index in [4.69, 9.17) is 0 Å². The van der Waals surface area contributed by atoms with Crippen LogP contribution in [0.15, 0.2) is 30.3 Å². The van der Waals surface area contributed by atoms with Crippen molar-refractivity contribution in [1.82, 2.24) is 4.72 Å². The summed E-state index contributed by atoms with van der Waals surface area (Å²) in [5.74, 6) is -0.0794. The maximum absolute atomic E-state index is 11.9. The molecule has 0 heterocycles. The Labute approximate surface area is 103 Å². The van der Waals surface area contributed by atoms with E-state index in [9.17, 15) is 13.5 Å². The van der Waals surface area contributed by atoms with Crippen molar-refractivity contribution in [3.05, 3.63) is 35.9 Å². The Kier molecular flexibility index (Phi) is 4.30. The van der Waals surface area contributed by atoms with E-state index >= 15 is 0 Å². The van der Waals surface area contributed by atoms with Crippen molar-refractivity contribution in [2.45, 2.75) is 38.2 Å². The standard InChI is InChI=1S/C12H19NO3S/c1-10(14)12(2,3)13-17(15,16)9-11-7-5-4-6-8-11/h4-8,10,13-14H,9H2,1-3H3. The zero-order valence-electron chi connectivity index (χ0n) is 10.3. The molecule has 0 amide bonds. The van der Waals surface area contributed by atoms with Crippen LogP contribution in [0.5, 0.6) is 0 Å². The van der Waals surface area contributed by atoms with Gasteiger partial charge in [-0.2, -0.15) is 0 Å². The minimum Gasteiger partial charge on any atom is -0.391 e. The monoisotopic (exact) mass is 257 g/mol. The second kappa shape index (κ2) is 5.16. The third-order valence-electron chi connectivity index (χ3n) is 2.66. The minimum absolute atomic E-state index is 0.0794. The van der Waals surface area contributed by atoms with E-state index in [1.54, 1.807) is 45.0 Å². The van der Waals surface area contributed by atoms with Crippen LogP contribution in [0.2, 0.25) is 0 Å². The number of aliphatic hydroxyl groups is 1. The van der Waals surface area contributed by atoms with Gasteiger partial charge in [-0.25, -0.2) is 13.1 Å². The van der Waals surface area contributed by atoms with E-state index in [1.165, 1.54) is 0 Å². The first kappa shape index (κ1) is 14.2. The van der Waals surface area contributed by atoms with Gasteiger partial charge in [0.25, 0.3) is 0 Å². The third kappa shape index (κ3) is 4.46. The molecule has 1 rings (SSSR count). The number of hydrogen-bond acceptors (Lipinski definition) is 3. The predicted molar refractivity (Wildman–Crippen MR) is 68.0 cm³/mol. The van der Waals surface area contributed by atoms with Crippen molar-refractivity contribution in [2.24, 2.45) is 0 Å². The van der Waals surface area contributed by atoms with Crippen LogP contribution in [-0.2, 0) is 15.8 Å². The van der Waals surface area contributed by atoms with Crippen LogP contribution in [0.25, 0.3) is 0 Å². The van der Waals surface area contributed by atoms with Crippen LogP contribution in [0.3, 0.4) is 0 Å². The number of sulfonamides is 1. The topological polar surface area (TPSA) is 66.4 Å². The lowest BCUT2D eigenvalue weighted by Gasteiger charge is -2.28. The SMILES string of the molecule is CC(O)C(C)(C)NS(=O)(=O)Cc1ccccc1. The lowest BCUT2D eigenvalue weighted by atomic mass is 10.0. The number of rotatable bonds is 5. The van der Waals surface area contributed by atoms with E-state index in [2.05, 4.69) is 4.72 Å². The highest BCUT2D eigenvalue weighted by atomic mass is 32.2. The summed E-state index contributed by atoms with van der Waals surface area (Å²) in [6.45, 7) is 4.87. The van der Waals surface area contributed by atoms with Crippen LogP contribution in [-0.4, -0.2) is 25.2 Å². The smallest absolute Gasteiger partial charge is 0.216 e. The fourth-order valence-corrected chi connectivity index (χ4v) is 2.99. The van der Waals surface area contributed by atoms with Crippen LogP contribution < -0.4 is 4.72 Å². The van der Waals surface area contributed by atoms with Crippen molar-refractivity contribution in [1.29, 1.82) is 0 Å². The van der Waals surface area contributed by atoms with Crippen molar-refractivity contribution in [3.8, 4) is 0 Å². The fraction of sp³-hybridized carbons (Fsp3) is 0.500. The molecule has 0 spiro atoms. The van der Waals surface area contributed by atoms with Crippen molar-refractivity contribution in [2.75, 3.05) is 0 Å². The Bertz CT molecular complexity index is 452.